The monoisotopic (exact) mass is 287 g/mol. The highest BCUT2D eigenvalue weighted by atomic mass is 16.5. The molecule has 2 N–H and O–H groups in total. The Bertz CT molecular complexity index is 677. The van der Waals surface area contributed by atoms with E-state index in [1.54, 1.807) is 13.1 Å². The van der Waals surface area contributed by atoms with E-state index in [1.807, 2.05) is 24.3 Å². The number of benzene rings is 1. The molecule has 0 unspecified atom stereocenters. The Labute approximate surface area is 124 Å². The van der Waals surface area contributed by atoms with Gasteiger partial charge in [0, 0.05) is 24.7 Å². The fourth-order valence-corrected chi connectivity index (χ4v) is 2.01. The second-order valence-corrected chi connectivity index (χ2v) is 5.39. The third-order valence-corrected chi connectivity index (χ3v) is 3.09. The largest absolute Gasteiger partial charge is 0.493 e. The van der Waals surface area contributed by atoms with Gasteiger partial charge in [-0.3, -0.25) is 4.79 Å². The molecule has 1 aromatic carbocycles. The second-order valence-electron chi connectivity index (χ2n) is 5.39. The van der Waals surface area contributed by atoms with Gasteiger partial charge in [0.15, 0.2) is 0 Å². The van der Waals surface area contributed by atoms with Crippen LogP contribution in [0.15, 0.2) is 35.1 Å². The fourth-order valence-electron chi connectivity index (χ4n) is 2.01. The van der Waals surface area contributed by atoms with Crippen molar-refractivity contribution >= 4 is 0 Å². The van der Waals surface area contributed by atoms with Crippen molar-refractivity contribution in [2.75, 3.05) is 6.61 Å². The lowest BCUT2D eigenvalue weighted by atomic mass is 10.1. The molecule has 5 nitrogen and oxygen atoms in total. The van der Waals surface area contributed by atoms with Crippen LogP contribution in [0.2, 0.25) is 0 Å². The van der Waals surface area contributed by atoms with Crippen LogP contribution in [0.3, 0.4) is 0 Å². The van der Waals surface area contributed by atoms with Crippen LogP contribution in [-0.4, -0.2) is 16.4 Å². The third kappa shape index (κ3) is 3.49. The van der Waals surface area contributed by atoms with E-state index in [4.69, 9.17) is 10.5 Å². The van der Waals surface area contributed by atoms with Crippen molar-refractivity contribution in [3.8, 4) is 17.0 Å². The first kappa shape index (κ1) is 15.3. The molecule has 0 bridgehead atoms. The van der Waals surface area contributed by atoms with Gasteiger partial charge in [0.25, 0.3) is 5.56 Å². The van der Waals surface area contributed by atoms with Crippen LogP contribution in [-0.2, 0) is 13.6 Å². The first-order chi connectivity index (χ1) is 10.0. The number of nitrogens with zero attached hydrogens (tertiary/aromatic N) is 2. The number of hydrogen-bond donors (Lipinski definition) is 1. The SMILES string of the molecule is CC(C)COc1ccccc1-c1cc(CN)c(=O)n(C)n1. The van der Waals surface area contributed by atoms with Crippen LogP contribution in [0.4, 0.5) is 0 Å². The molecule has 0 aliphatic carbocycles. The average Bonchev–Trinajstić information content (AvgIpc) is 2.48. The number of nitrogens with two attached hydrogens (primary N) is 1. The molecule has 0 saturated heterocycles. The zero-order valence-electron chi connectivity index (χ0n) is 12.7. The minimum atomic E-state index is -0.165. The Kier molecular flexibility index (Phi) is 4.75. The van der Waals surface area contributed by atoms with E-state index in [1.165, 1.54) is 4.68 Å². The molecule has 1 aromatic heterocycles. The standard InChI is InChI=1S/C16H21N3O2/c1-11(2)10-21-15-7-5-4-6-13(15)14-8-12(9-17)16(20)19(3)18-14/h4-8,11H,9-10,17H2,1-3H3. The molecule has 0 spiro atoms. The molecular weight excluding hydrogens is 266 g/mol. The molecule has 1 heterocycles. The predicted octanol–water partition coefficient (Wildman–Crippen LogP) is 1.94. The van der Waals surface area contributed by atoms with Gasteiger partial charge in [0.1, 0.15) is 5.75 Å². The summed E-state index contributed by atoms with van der Waals surface area (Å²) < 4.78 is 7.15. The molecule has 2 rings (SSSR count). The van der Waals surface area contributed by atoms with Crippen molar-refractivity contribution in [3.05, 3.63) is 46.2 Å². The molecule has 112 valence electrons. The van der Waals surface area contributed by atoms with E-state index in [0.29, 0.717) is 23.8 Å². The Morgan fingerprint density at radius 3 is 2.71 bits per heavy atom. The van der Waals surface area contributed by atoms with Gasteiger partial charge in [-0.1, -0.05) is 26.0 Å². The lowest BCUT2D eigenvalue weighted by Gasteiger charge is -2.13. The molecule has 0 fully saturated rings. The summed E-state index contributed by atoms with van der Waals surface area (Å²) in [6.45, 7) is 5.02. The summed E-state index contributed by atoms with van der Waals surface area (Å²) in [5.74, 6) is 1.20. The smallest absolute Gasteiger partial charge is 0.271 e. The minimum Gasteiger partial charge on any atom is -0.493 e. The topological polar surface area (TPSA) is 70.1 Å². The molecule has 5 heteroatoms. The number of aromatic nitrogens is 2. The summed E-state index contributed by atoms with van der Waals surface area (Å²) in [6.07, 6.45) is 0. The van der Waals surface area contributed by atoms with E-state index in [2.05, 4.69) is 18.9 Å². The Balaban J connectivity index is 2.47. The minimum absolute atomic E-state index is 0.165. The van der Waals surface area contributed by atoms with E-state index in [0.717, 1.165) is 11.3 Å². The van der Waals surface area contributed by atoms with Gasteiger partial charge in [-0.15, -0.1) is 0 Å². The van der Waals surface area contributed by atoms with Gasteiger partial charge in [-0.25, -0.2) is 4.68 Å². The first-order valence-corrected chi connectivity index (χ1v) is 7.02. The maximum atomic E-state index is 11.9. The maximum absolute atomic E-state index is 11.9. The zero-order valence-corrected chi connectivity index (χ0v) is 12.7. The average molecular weight is 287 g/mol. The molecule has 0 amide bonds. The fraction of sp³-hybridized carbons (Fsp3) is 0.375. The highest BCUT2D eigenvalue weighted by Gasteiger charge is 2.11. The van der Waals surface area contributed by atoms with Gasteiger partial charge >= 0.3 is 0 Å². The lowest BCUT2D eigenvalue weighted by molar-refractivity contribution is 0.272. The molecule has 21 heavy (non-hydrogen) atoms. The van der Waals surface area contributed by atoms with Gasteiger partial charge in [0.05, 0.1) is 12.3 Å². The molecule has 0 aliphatic heterocycles. The zero-order chi connectivity index (χ0) is 15.4. The van der Waals surface area contributed by atoms with E-state index in [9.17, 15) is 4.79 Å². The van der Waals surface area contributed by atoms with Crippen molar-refractivity contribution in [3.63, 3.8) is 0 Å². The van der Waals surface area contributed by atoms with Gasteiger partial charge < -0.3 is 10.5 Å². The first-order valence-electron chi connectivity index (χ1n) is 7.02. The quantitative estimate of drug-likeness (QED) is 0.912. The van der Waals surface area contributed by atoms with E-state index in [-0.39, 0.29) is 12.1 Å². The molecule has 0 radical (unpaired) electrons. The van der Waals surface area contributed by atoms with Crippen LogP contribution >= 0.6 is 0 Å². The highest BCUT2D eigenvalue weighted by Crippen LogP contribution is 2.28. The molecule has 0 aliphatic rings. The maximum Gasteiger partial charge on any atom is 0.271 e. The van der Waals surface area contributed by atoms with Gasteiger partial charge in [-0.2, -0.15) is 5.10 Å². The predicted molar refractivity (Wildman–Crippen MR) is 83.1 cm³/mol. The van der Waals surface area contributed by atoms with Crippen molar-refractivity contribution in [2.24, 2.45) is 18.7 Å². The molecule has 0 atom stereocenters. The highest BCUT2D eigenvalue weighted by molar-refractivity contribution is 5.67. The second kappa shape index (κ2) is 6.54. The Morgan fingerprint density at radius 2 is 2.05 bits per heavy atom. The van der Waals surface area contributed by atoms with Crippen LogP contribution in [0.1, 0.15) is 19.4 Å². The number of aryl methyl sites for hydroxylation is 1. The van der Waals surface area contributed by atoms with Crippen molar-refractivity contribution in [2.45, 2.75) is 20.4 Å². The number of hydrogen-bond acceptors (Lipinski definition) is 4. The summed E-state index contributed by atoms with van der Waals surface area (Å²) in [7, 11) is 1.63. The summed E-state index contributed by atoms with van der Waals surface area (Å²) in [5.41, 5.74) is 7.56. The summed E-state index contributed by atoms with van der Waals surface area (Å²) >= 11 is 0. The number of ether oxygens (including phenoxy) is 1. The molecule has 0 saturated carbocycles. The Hall–Kier alpha value is -2.14. The van der Waals surface area contributed by atoms with Crippen molar-refractivity contribution in [1.82, 2.24) is 9.78 Å². The third-order valence-electron chi connectivity index (χ3n) is 3.09. The van der Waals surface area contributed by atoms with E-state index < -0.39 is 0 Å². The molecule has 2 aromatic rings. The van der Waals surface area contributed by atoms with E-state index >= 15 is 0 Å². The van der Waals surface area contributed by atoms with Crippen LogP contribution in [0.5, 0.6) is 5.75 Å². The van der Waals surface area contributed by atoms with Gasteiger partial charge in [-0.05, 0) is 24.1 Å². The lowest BCUT2D eigenvalue weighted by Crippen LogP contribution is -2.25. The number of para-hydroxylation sites is 1. The summed E-state index contributed by atoms with van der Waals surface area (Å²) in [5, 5.41) is 4.31. The summed E-state index contributed by atoms with van der Waals surface area (Å²) in [6, 6.07) is 9.42. The van der Waals surface area contributed by atoms with Crippen LogP contribution < -0.4 is 16.0 Å². The van der Waals surface area contributed by atoms with Crippen LogP contribution in [0, 0.1) is 5.92 Å². The Morgan fingerprint density at radius 1 is 1.33 bits per heavy atom. The van der Waals surface area contributed by atoms with Crippen molar-refractivity contribution < 1.29 is 4.74 Å². The van der Waals surface area contributed by atoms with Crippen LogP contribution in [0.25, 0.3) is 11.3 Å². The van der Waals surface area contributed by atoms with Crippen molar-refractivity contribution in [1.29, 1.82) is 0 Å². The summed E-state index contributed by atoms with van der Waals surface area (Å²) in [4.78, 5) is 11.9. The normalized spacial score (nSPS) is 10.9. The number of rotatable bonds is 5. The molecular formula is C16H21N3O2. The van der Waals surface area contributed by atoms with Gasteiger partial charge in [0.2, 0.25) is 0 Å².